The normalized spacial score (nSPS) is 11.9. The smallest absolute Gasteiger partial charge is 0.267 e. The minimum Gasteiger partial charge on any atom is -0.337 e. The summed E-state index contributed by atoms with van der Waals surface area (Å²) in [4.78, 5) is 14.5. The van der Waals surface area contributed by atoms with Crippen molar-refractivity contribution in [2.75, 3.05) is 13.1 Å². The Morgan fingerprint density at radius 1 is 1.59 bits per heavy atom. The van der Waals surface area contributed by atoms with Crippen molar-refractivity contribution in [3.05, 3.63) is 10.6 Å². The second kappa shape index (κ2) is 6.30. The fourth-order valence-corrected chi connectivity index (χ4v) is 2.19. The third-order valence-electron chi connectivity index (χ3n) is 2.47. The van der Waals surface area contributed by atoms with E-state index in [9.17, 15) is 4.79 Å². The van der Waals surface area contributed by atoms with Crippen molar-refractivity contribution >= 4 is 17.4 Å². The van der Waals surface area contributed by atoms with Gasteiger partial charge in [-0.25, -0.2) is 0 Å². The number of carbonyl (C=O) groups excluding carboxylic acids is 1. The van der Waals surface area contributed by atoms with Gasteiger partial charge < -0.3 is 4.90 Å². The summed E-state index contributed by atoms with van der Waals surface area (Å²) in [6.45, 7) is 6.70. The van der Waals surface area contributed by atoms with Gasteiger partial charge in [0.25, 0.3) is 5.91 Å². The quantitative estimate of drug-likeness (QED) is 0.800. The van der Waals surface area contributed by atoms with Crippen LogP contribution in [0.3, 0.4) is 0 Å². The van der Waals surface area contributed by atoms with Gasteiger partial charge in [0.15, 0.2) is 0 Å². The van der Waals surface area contributed by atoms with E-state index in [1.165, 1.54) is 0 Å². The first-order chi connectivity index (χ1) is 8.13. The molecule has 1 aromatic heterocycles. The highest BCUT2D eigenvalue weighted by molar-refractivity contribution is 7.07. The third-order valence-corrected chi connectivity index (χ3v) is 3.22. The molecule has 5 nitrogen and oxygen atoms in total. The highest BCUT2D eigenvalue weighted by atomic mass is 32.1. The fraction of sp³-hybridized carbons (Fsp3) is 0.636. The van der Waals surface area contributed by atoms with Gasteiger partial charge in [0, 0.05) is 13.1 Å². The molecule has 0 radical (unpaired) electrons. The van der Waals surface area contributed by atoms with Crippen LogP contribution in [-0.4, -0.2) is 33.5 Å². The lowest BCUT2D eigenvalue weighted by Crippen LogP contribution is -2.34. The minimum absolute atomic E-state index is 0.0681. The topological polar surface area (TPSA) is 69.9 Å². The largest absolute Gasteiger partial charge is 0.337 e. The minimum atomic E-state index is -0.162. The highest BCUT2D eigenvalue weighted by Gasteiger charge is 2.21. The van der Waals surface area contributed by atoms with Crippen molar-refractivity contribution < 1.29 is 4.79 Å². The number of nitriles is 1. The van der Waals surface area contributed by atoms with Crippen molar-refractivity contribution in [1.29, 1.82) is 5.26 Å². The maximum atomic E-state index is 12.2. The van der Waals surface area contributed by atoms with Crippen LogP contribution in [0.4, 0.5) is 0 Å². The zero-order chi connectivity index (χ0) is 12.8. The van der Waals surface area contributed by atoms with Crippen molar-refractivity contribution in [3.63, 3.8) is 0 Å². The number of aromatic nitrogens is 2. The zero-order valence-corrected chi connectivity index (χ0v) is 11.1. The molecule has 1 amide bonds. The molecule has 0 N–H and O–H groups in total. The zero-order valence-electron chi connectivity index (χ0n) is 10.3. The van der Waals surface area contributed by atoms with Crippen LogP contribution >= 0.6 is 11.5 Å². The Labute approximate surface area is 105 Å². The van der Waals surface area contributed by atoms with Gasteiger partial charge >= 0.3 is 0 Å². The Balaban J connectivity index is 2.83. The van der Waals surface area contributed by atoms with Gasteiger partial charge in [-0.05, 0) is 31.8 Å². The van der Waals surface area contributed by atoms with Crippen LogP contribution in [0.1, 0.15) is 36.1 Å². The Morgan fingerprint density at radius 3 is 2.82 bits per heavy atom. The van der Waals surface area contributed by atoms with Crippen LogP contribution in [0, 0.1) is 17.2 Å². The second-order valence-electron chi connectivity index (χ2n) is 3.78. The summed E-state index contributed by atoms with van der Waals surface area (Å²) in [5.74, 6) is -0.230. The number of hydrogen-bond donors (Lipinski definition) is 0. The molecular formula is C11H16N4OS. The monoisotopic (exact) mass is 252 g/mol. The number of amides is 1. The van der Waals surface area contributed by atoms with Gasteiger partial charge in [0.1, 0.15) is 4.88 Å². The first kappa shape index (κ1) is 13.6. The Morgan fingerprint density at radius 2 is 2.29 bits per heavy atom. The fourth-order valence-electron chi connectivity index (χ4n) is 1.47. The molecule has 0 bridgehead atoms. The molecule has 0 aliphatic carbocycles. The van der Waals surface area contributed by atoms with Crippen LogP contribution in [0.25, 0.3) is 0 Å². The van der Waals surface area contributed by atoms with E-state index in [1.54, 1.807) is 4.90 Å². The summed E-state index contributed by atoms with van der Waals surface area (Å²) >= 11 is 1.13. The Hall–Kier alpha value is -1.48. The summed E-state index contributed by atoms with van der Waals surface area (Å²) in [7, 11) is 0. The lowest BCUT2D eigenvalue weighted by Gasteiger charge is -2.21. The summed E-state index contributed by atoms with van der Waals surface area (Å²) in [5.41, 5.74) is 0.739. The van der Waals surface area contributed by atoms with E-state index in [1.807, 2.05) is 20.8 Å². The number of aryl methyl sites for hydroxylation is 1. The van der Waals surface area contributed by atoms with E-state index in [-0.39, 0.29) is 11.8 Å². The third kappa shape index (κ3) is 3.24. The van der Waals surface area contributed by atoms with E-state index in [2.05, 4.69) is 15.7 Å². The standard InChI is InChI=1S/C11H16N4OS/c1-4-9-10(17-14-13-9)11(16)15(5-2)7-8(3)6-12/h8H,4-5,7H2,1-3H3. The van der Waals surface area contributed by atoms with E-state index < -0.39 is 0 Å². The maximum absolute atomic E-state index is 12.2. The van der Waals surface area contributed by atoms with Crippen molar-refractivity contribution in [3.8, 4) is 6.07 Å². The van der Waals surface area contributed by atoms with E-state index in [0.717, 1.165) is 17.2 Å². The molecule has 0 fully saturated rings. The molecule has 1 heterocycles. The average Bonchev–Trinajstić information content (AvgIpc) is 2.82. The lowest BCUT2D eigenvalue weighted by molar-refractivity contribution is 0.0756. The molecule has 0 spiro atoms. The van der Waals surface area contributed by atoms with Gasteiger partial charge in [0.2, 0.25) is 0 Å². The number of carbonyl (C=O) groups is 1. The summed E-state index contributed by atoms with van der Waals surface area (Å²) in [5, 5.41) is 12.7. The van der Waals surface area contributed by atoms with Gasteiger partial charge in [-0.1, -0.05) is 11.4 Å². The first-order valence-corrected chi connectivity index (χ1v) is 6.41. The van der Waals surface area contributed by atoms with Gasteiger partial charge in [0.05, 0.1) is 17.7 Å². The SMILES string of the molecule is CCc1nnsc1C(=O)N(CC)CC(C)C#N. The molecule has 1 unspecified atom stereocenters. The van der Waals surface area contributed by atoms with E-state index in [0.29, 0.717) is 24.4 Å². The molecule has 0 aromatic carbocycles. The van der Waals surface area contributed by atoms with Crippen LogP contribution in [0.2, 0.25) is 0 Å². The highest BCUT2D eigenvalue weighted by Crippen LogP contribution is 2.15. The van der Waals surface area contributed by atoms with Crippen LogP contribution < -0.4 is 0 Å². The molecule has 92 valence electrons. The van der Waals surface area contributed by atoms with E-state index in [4.69, 9.17) is 5.26 Å². The van der Waals surface area contributed by atoms with Gasteiger partial charge in [-0.3, -0.25) is 4.79 Å². The number of hydrogen-bond acceptors (Lipinski definition) is 5. The Bertz CT molecular complexity index is 423. The predicted octanol–water partition coefficient (Wildman–Crippen LogP) is 1.72. The molecule has 1 aromatic rings. The second-order valence-corrected chi connectivity index (χ2v) is 4.53. The molecule has 1 atom stereocenters. The lowest BCUT2D eigenvalue weighted by atomic mass is 10.2. The molecule has 0 aliphatic rings. The van der Waals surface area contributed by atoms with Crippen molar-refractivity contribution in [2.45, 2.75) is 27.2 Å². The molecular weight excluding hydrogens is 236 g/mol. The van der Waals surface area contributed by atoms with Crippen molar-refractivity contribution in [1.82, 2.24) is 14.5 Å². The molecule has 0 saturated carbocycles. The van der Waals surface area contributed by atoms with Crippen LogP contribution in [-0.2, 0) is 6.42 Å². The molecule has 0 aliphatic heterocycles. The average molecular weight is 252 g/mol. The first-order valence-electron chi connectivity index (χ1n) is 5.64. The number of nitrogens with zero attached hydrogens (tertiary/aromatic N) is 4. The van der Waals surface area contributed by atoms with Crippen LogP contribution in [0.5, 0.6) is 0 Å². The van der Waals surface area contributed by atoms with Crippen LogP contribution in [0.15, 0.2) is 0 Å². The molecule has 17 heavy (non-hydrogen) atoms. The van der Waals surface area contributed by atoms with Gasteiger partial charge in [-0.15, -0.1) is 5.10 Å². The summed E-state index contributed by atoms with van der Waals surface area (Å²) in [6, 6.07) is 2.14. The van der Waals surface area contributed by atoms with Gasteiger partial charge in [-0.2, -0.15) is 5.26 Å². The Kier molecular flexibility index (Phi) is 5.04. The maximum Gasteiger partial charge on any atom is 0.267 e. The molecule has 6 heteroatoms. The van der Waals surface area contributed by atoms with Crippen molar-refractivity contribution in [2.24, 2.45) is 5.92 Å². The predicted molar refractivity (Wildman–Crippen MR) is 65.6 cm³/mol. The number of rotatable bonds is 5. The van der Waals surface area contributed by atoms with E-state index >= 15 is 0 Å². The summed E-state index contributed by atoms with van der Waals surface area (Å²) < 4.78 is 3.81. The molecule has 1 rings (SSSR count). The molecule has 0 saturated heterocycles. The summed E-state index contributed by atoms with van der Waals surface area (Å²) in [6.07, 6.45) is 0.697.